The van der Waals surface area contributed by atoms with Gasteiger partial charge in [-0.2, -0.15) is 0 Å². The molecule has 1 N–H and O–H groups in total. The van der Waals surface area contributed by atoms with Crippen LogP contribution in [0.25, 0.3) is 0 Å². The first-order valence-electron chi connectivity index (χ1n) is 5.04. The molecule has 0 fully saturated rings. The van der Waals surface area contributed by atoms with E-state index in [-0.39, 0.29) is 0 Å². The van der Waals surface area contributed by atoms with Crippen LogP contribution in [0, 0.1) is 5.92 Å². The summed E-state index contributed by atoms with van der Waals surface area (Å²) in [6.07, 6.45) is 2.18. The maximum atomic E-state index is 5.42. The van der Waals surface area contributed by atoms with E-state index in [4.69, 9.17) is 4.74 Å². The Morgan fingerprint density at radius 1 is 1.38 bits per heavy atom. The molecule has 0 aliphatic heterocycles. The number of allylic oxidation sites excluding steroid dienone is 1. The second-order valence-corrected chi connectivity index (χ2v) is 3.95. The van der Waals surface area contributed by atoms with Crippen LogP contribution < -0.4 is 5.32 Å². The zero-order valence-corrected chi connectivity index (χ0v) is 9.39. The molecular weight excluding hydrogens is 162 g/mol. The lowest BCUT2D eigenvalue weighted by Crippen LogP contribution is -2.20. The molecule has 0 radical (unpaired) electrons. The predicted molar refractivity (Wildman–Crippen MR) is 58.0 cm³/mol. The van der Waals surface area contributed by atoms with Gasteiger partial charge in [0.15, 0.2) is 0 Å². The maximum absolute atomic E-state index is 5.42. The van der Waals surface area contributed by atoms with Gasteiger partial charge >= 0.3 is 0 Å². The van der Waals surface area contributed by atoms with E-state index in [0.29, 0.717) is 5.92 Å². The molecule has 0 rings (SSSR count). The molecule has 78 valence electrons. The molecule has 0 spiro atoms. The maximum Gasteiger partial charge on any atom is 0.0591 e. The van der Waals surface area contributed by atoms with Crippen molar-refractivity contribution in [2.75, 3.05) is 26.3 Å². The van der Waals surface area contributed by atoms with E-state index in [0.717, 1.165) is 26.3 Å². The Morgan fingerprint density at radius 2 is 2.08 bits per heavy atom. The van der Waals surface area contributed by atoms with Gasteiger partial charge in [0.2, 0.25) is 0 Å². The highest BCUT2D eigenvalue weighted by Gasteiger charge is 1.92. The van der Waals surface area contributed by atoms with Crippen molar-refractivity contribution in [3.8, 4) is 0 Å². The van der Waals surface area contributed by atoms with Crippen molar-refractivity contribution in [1.82, 2.24) is 5.32 Å². The number of hydrogen-bond acceptors (Lipinski definition) is 2. The molecule has 0 saturated heterocycles. The van der Waals surface area contributed by atoms with Crippen LogP contribution >= 0.6 is 0 Å². The summed E-state index contributed by atoms with van der Waals surface area (Å²) >= 11 is 0. The Labute approximate surface area is 82.4 Å². The van der Waals surface area contributed by atoms with E-state index in [1.165, 1.54) is 5.57 Å². The van der Waals surface area contributed by atoms with Crippen LogP contribution in [0.3, 0.4) is 0 Å². The van der Waals surface area contributed by atoms with Crippen molar-refractivity contribution in [2.24, 2.45) is 5.92 Å². The van der Waals surface area contributed by atoms with Gasteiger partial charge in [0, 0.05) is 19.7 Å². The fourth-order valence-electron chi connectivity index (χ4n) is 0.842. The van der Waals surface area contributed by atoms with Gasteiger partial charge in [-0.15, -0.1) is 0 Å². The standard InChI is InChI=1S/C11H23NO/c1-10(2)5-6-12-7-8-13-9-11(3)4/h5,11-12H,6-9H2,1-4H3. The van der Waals surface area contributed by atoms with Gasteiger partial charge in [0.05, 0.1) is 6.61 Å². The topological polar surface area (TPSA) is 21.3 Å². The molecule has 0 aromatic rings. The zero-order chi connectivity index (χ0) is 10.1. The van der Waals surface area contributed by atoms with Crippen LogP contribution in [0.15, 0.2) is 11.6 Å². The monoisotopic (exact) mass is 185 g/mol. The molecule has 13 heavy (non-hydrogen) atoms. The van der Waals surface area contributed by atoms with Crippen LogP contribution in [0.4, 0.5) is 0 Å². The van der Waals surface area contributed by atoms with Gasteiger partial charge in [-0.1, -0.05) is 25.5 Å². The molecular formula is C11H23NO. The van der Waals surface area contributed by atoms with Crippen molar-refractivity contribution in [3.05, 3.63) is 11.6 Å². The quantitative estimate of drug-likeness (QED) is 0.485. The van der Waals surface area contributed by atoms with Crippen molar-refractivity contribution < 1.29 is 4.74 Å². The second-order valence-electron chi connectivity index (χ2n) is 3.95. The van der Waals surface area contributed by atoms with Gasteiger partial charge < -0.3 is 10.1 Å². The summed E-state index contributed by atoms with van der Waals surface area (Å²) in [5.41, 5.74) is 1.36. The zero-order valence-electron chi connectivity index (χ0n) is 9.39. The lowest BCUT2D eigenvalue weighted by atomic mass is 10.2. The minimum atomic E-state index is 0.637. The van der Waals surface area contributed by atoms with Crippen LogP contribution in [-0.4, -0.2) is 26.3 Å². The summed E-state index contributed by atoms with van der Waals surface area (Å²) < 4.78 is 5.42. The third kappa shape index (κ3) is 11.7. The lowest BCUT2D eigenvalue weighted by Gasteiger charge is -2.06. The van der Waals surface area contributed by atoms with Crippen LogP contribution in [0.5, 0.6) is 0 Å². The van der Waals surface area contributed by atoms with Crippen LogP contribution in [-0.2, 0) is 4.74 Å². The number of rotatable bonds is 7. The van der Waals surface area contributed by atoms with Gasteiger partial charge in [0.1, 0.15) is 0 Å². The molecule has 0 heterocycles. The Balaban J connectivity index is 3.04. The highest BCUT2D eigenvalue weighted by Crippen LogP contribution is 1.91. The fourth-order valence-corrected chi connectivity index (χ4v) is 0.842. The summed E-state index contributed by atoms with van der Waals surface area (Å²) in [4.78, 5) is 0. The molecule has 0 atom stereocenters. The van der Waals surface area contributed by atoms with Crippen LogP contribution in [0.1, 0.15) is 27.7 Å². The Kier molecular flexibility index (Phi) is 8.05. The van der Waals surface area contributed by atoms with Crippen LogP contribution in [0.2, 0.25) is 0 Å². The first-order valence-corrected chi connectivity index (χ1v) is 5.04. The smallest absolute Gasteiger partial charge is 0.0591 e. The van der Waals surface area contributed by atoms with Crippen molar-refractivity contribution in [2.45, 2.75) is 27.7 Å². The average molecular weight is 185 g/mol. The molecule has 0 bridgehead atoms. The molecule has 0 saturated carbocycles. The molecule has 0 unspecified atom stereocenters. The first-order chi connectivity index (χ1) is 6.13. The van der Waals surface area contributed by atoms with Crippen molar-refractivity contribution in [3.63, 3.8) is 0 Å². The summed E-state index contributed by atoms with van der Waals surface area (Å²) in [5, 5.41) is 3.29. The molecule has 0 aromatic heterocycles. The molecule has 2 nitrogen and oxygen atoms in total. The Bertz CT molecular complexity index is 137. The lowest BCUT2D eigenvalue weighted by molar-refractivity contribution is 0.112. The third-order valence-corrected chi connectivity index (χ3v) is 1.53. The minimum absolute atomic E-state index is 0.637. The molecule has 2 heteroatoms. The summed E-state index contributed by atoms with van der Waals surface area (Å²) in [6.45, 7) is 12.1. The molecule has 0 aromatic carbocycles. The summed E-state index contributed by atoms with van der Waals surface area (Å²) in [6, 6.07) is 0. The summed E-state index contributed by atoms with van der Waals surface area (Å²) in [5.74, 6) is 0.637. The molecule has 0 aliphatic rings. The number of hydrogen-bond donors (Lipinski definition) is 1. The highest BCUT2D eigenvalue weighted by atomic mass is 16.5. The number of nitrogens with one attached hydrogen (secondary N) is 1. The van der Waals surface area contributed by atoms with Crippen molar-refractivity contribution >= 4 is 0 Å². The SMILES string of the molecule is CC(C)=CCNCCOCC(C)C. The fraction of sp³-hybridized carbons (Fsp3) is 0.818. The van der Waals surface area contributed by atoms with Gasteiger partial charge in [-0.25, -0.2) is 0 Å². The second kappa shape index (κ2) is 8.27. The Hall–Kier alpha value is -0.340. The normalized spacial score (nSPS) is 10.5. The Morgan fingerprint density at radius 3 is 2.62 bits per heavy atom. The van der Waals surface area contributed by atoms with E-state index < -0.39 is 0 Å². The van der Waals surface area contributed by atoms with E-state index in [2.05, 4.69) is 39.1 Å². The van der Waals surface area contributed by atoms with Gasteiger partial charge in [0.25, 0.3) is 0 Å². The van der Waals surface area contributed by atoms with E-state index in [1.54, 1.807) is 0 Å². The van der Waals surface area contributed by atoms with Gasteiger partial charge in [-0.05, 0) is 19.8 Å². The molecule has 0 aliphatic carbocycles. The first kappa shape index (κ1) is 12.7. The summed E-state index contributed by atoms with van der Waals surface area (Å²) in [7, 11) is 0. The third-order valence-electron chi connectivity index (χ3n) is 1.53. The van der Waals surface area contributed by atoms with E-state index in [1.807, 2.05) is 0 Å². The number of ether oxygens (including phenoxy) is 1. The largest absolute Gasteiger partial charge is 0.380 e. The highest BCUT2D eigenvalue weighted by molar-refractivity contribution is 4.94. The average Bonchev–Trinajstić information content (AvgIpc) is 2.01. The van der Waals surface area contributed by atoms with Crippen molar-refractivity contribution in [1.29, 1.82) is 0 Å². The minimum Gasteiger partial charge on any atom is -0.380 e. The van der Waals surface area contributed by atoms with E-state index >= 15 is 0 Å². The predicted octanol–water partition coefficient (Wildman–Crippen LogP) is 2.21. The van der Waals surface area contributed by atoms with Gasteiger partial charge in [-0.3, -0.25) is 0 Å². The molecule has 0 amide bonds. The van der Waals surface area contributed by atoms with E-state index in [9.17, 15) is 0 Å².